The number of hydrogen-bond acceptors (Lipinski definition) is 3. The van der Waals surface area contributed by atoms with Crippen LogP contribution >= 0.6 is 0 Å². The van der Waals surface area contributed by atoms with Crippen molar-refractivity contribution in [2.45, 2.75) is 6.42 Å². The number of benzene rings is 1. The standard InChI is InChI=1S/C9H9FO3/c10-8-6(4-5-11)2-1-3-7(8)9(12)13/h1-3,11H,4-5H2,(H,12,13)/p-1. The number of hydrogen-bond donors (Lipinski definition) is 1. The average Bonchev–Trinajstić information content (AvgIpc) is 2.08. The number of carboxylic acid groups (broad SMARTS) is 1. The summed E-state index contributed by atoms with van der Waals surface area (Å²) in [6.45, 7) is -0.215. The predicted octanol–water partition coefficient (Wildman–Crippen LogP) is -0.276. The number of rotatable bonds is 3. The number of carbonyl (C=O) groups is 1. The van der Waals surface area contributed by atoms with Gasteiger partial charge in [-0.2, -0.15) is 0 Å². The second-order valence-electron chi connectivity index (χ2n) is 2.54. The summed E-state index contributed by atoms with van der Waals surface area (Å²) in [5, 5.41) is 18.9. The lowest BCUT2D eigenvalue weighted by molar-refractivity contribution is -0.255. The molecule has 0 unspecified atom stereocenters. The van der Waals surface area contributed by atoms with E-state index in [9.17, 15) is 14.3 Å². The third kappa shape index (κ3) is 2.03. The van der Waals surface area contributed by atoms with Gasteiger partial charge in [-0.05, 0) is 12.0 Å². The van der Waals surface area contributed by atoms with Gasteiger partial charge >= 0.3 is 0 Å². The molecule has 0 saturated heterocycles. The molecule has 0 radical (unpaired) electrons. The minimum Gasteiger partial charge on any atom is -0.545 e. The van der Waals surface area contributed by atoms with Gasteiger partial charge in [0.25, 0.3) is 0 Å². The van der Waals surface area contributed by atoms with Crippen LogP contribution in [0.5, 0.6) is 0 Å². The second kappa shape index (κ2) is 4.00. The number of aliphatic hydroxyl groups is 1. The zero-order valence-electron chi connectivity index (χ0n) is 6.79. The summed E-state index contributed by atoms with van der Waals surface area (Å²) in [5.74, 6) is -2.37. The Morgan fingerprint density at radius 1 is 1.54 bits per heavy atom. The van der Waals surface area contributed by atoms with E-state index < -0.39 is 17.3 Å². The van der Waals surface area contributed by atoms with E-state index in [0.717, 1.165) is 6.07 Å². The maximum atomic E-state index is 13.2. The maximum Gasteiger partial charge on any atom is 0.135 e. The topological polar surface area (TPSA) is 60.4 Å². The maximum absolute atomic E-state index is 13.2. The minimum absolute atomic E-state index is 0.104. The SMILES string of the molecule is O=C([O-])c1cccc(CCO)c1F. The minimum atomic E-state index is -1.54. The quantitative estimate of drug-likeness (QED) is 0.701. The fraction of sp³-hybridized carbons (Fsp3) is 0.222. The molecule has 0 amide bonds. The summed E-state index contributed by atoms with van der Waals surface area (Å²) in [5.41, 5.74) is -0.282. The summed E-state index contributed by atoms with van der Waals surface area (Å²) in [7, 11) is 0. The van der Waals surface area contributed by atoms with Crippen molar-refractivity contribution in [3.8, 4) is 0 Å². The highest BCUT2D eigenvalue weighted by atomic mass is 19.1. The van der Waals surface area contributed by atoms with Crippen molar-refractivity contribution < 1.29 is 19.4 Å². The molecule has 0 heterocycles. The number of carboxylic acids is 1. The molecule has 0 saturated carbocycles. The predicted molar refractivity (Wildman–Crippen MR) is 41.5 cm³/mol. The van der Waals surface area contributed by atoms with Crippen molar-refractivity contribution >= 4 is 5.97 Å². The van der Waals surface area contributed by atoms with Crippen LogP contribution in [0.15, 0.2) is 18.2 Å². The first-order chi connectivity index (χ1) is 6.16. The van der Waals surface area contributed by atoms with Crippen molar-refractivity contribution in [2.75, 3.05) is 6.61 Å². The van der Waals surface area contributed by atoms with Crippen LogP contribution in [-0.4, -0.2) is 17.7 Å². The summed E-state index contributed by atoms with van der Waals surface area (Å²) in [4.78, 5) is 10.4. The van der Waals surface area contributed by atoms with E-state index in [1.54, 1.807) is 0 Å². The van der Waals surface area contributed by atoms with Crippen LogP contribution in [0.2, 0.25) is 0 Å². The molecule has 70 valence electrons. The molecule has 0 atom stereocenters. The van der Waals surface area contributed by atoms with E-state index in [1.165, 1.54) is 12.1 Å². The van der Waals surface area contributed by atoms with Crippen molar-refractivity contribution in [1.82, 2.24) is 0 Å². The molecule has 1 rings (SSSR count). The molecule has 4 heteroatoms. The number of halogens is 1. The van der Waals surface area contributed by atoms with E-state index in [1.807, 2.05) is 0 Å². The van der Waals surface area contributed by atoms with E-state index in [-0.39, 0.29) is 18.6 Å². The van der Waals surface area contributed by atoms with Crippen molar-refractivity contribution in [3.05, 3.63) is 35.1 Å². The fourth-order valence-corrected chi connectivity index (χ4v) is 1.05. The third-order valence-electron chi connectivity index (χ3n) is 1.68. The molecule has 1 aromatic carbocycles. The van der Waals surface area contributed by atoms with Crippen LogP contribution in [0.25, 0.3) is 0 Å². The van der Waals surface area contributed by atoms with Gasteiger partial charge in [-0.25, -0.2) is 4.39 Å². The summed E-state index contributed by atoms with van der Waals surface area (Å²) in [6.07, 6.45) is 0.104. The molecular weight excluding hydrogens is 175 g/mol. The Kier molecular flexibility index (Phi) is 2.97. The monoisotopic (exact) mass is 183 g/mol. The molecule has 0 spiro atoms. The molecule has 0 aliphatic heterocycles. The molecule has 0 bridgehead atoms. The molecule has 0 aliphatic rings. The molecule has 0 aromatic heterocycles. The van der Waals surface area contributed by atoms with Crippen LogP contribution in [0.3, 0.4) is 0 Å². The summed E-state index contributed by atoms with van der Waals surface area (Å²) >= 11 is 0. The van der Waals surface area contributed by atoms with Gasteiger partial charge in [0.05, 0.1) is 5.97 Å². The lowest BCUT2D eigenvalue weighted by Crippen LogP contribution is -2.24. The van der Waals surface area contributed by atoms with Gasteiger partial charge in [-0.15, -0.1) is 0 Å². The van der Waals surface area contributed by atoms with Gasteiger partial charge in [-0.1, -0.05) is 18.2 Å². The van der Waals surface area contributed by atoms with Gasteiger partial charge < -0.3 is 15.0 Å². The molecule has 0 aliphatic carbocycles. The Morgan fingerprint density at radius 2 is 2.23 bits per heavy atom. The fourth-order valence-electron chi connectivity index (χ4n) is 1.05. The van der Waals surface area contributed by atoms with E-state index in [2.05, 4.69) is 0 Å². The average molecular weight is 183 g/mol. The van der Waals surface area contributed by atoms with Crippen molar-refractivity contribution in [2.24, 2.45) is 0 Å². The molecular formula is C9H8FO3-. The lowest BCUT2D eigenvalue weighted by atomic mass is 10.1. The van der Waals surface area contributed by atoms with Crippen molar-refractivity contribution in [1.29, 1.82) is 0 Å². The van der Waals surface area contributed by atoms with Gasteiger partial charge in [0.1, 0.15) is 5.82 Å². The van der Waals surface area contributed by atoms with Crippen LogP contribution in [0.4, 0.5) is 4.39 Å². The Balaban J connectivity index is 3.10. The second-order valence-corrected chi connectivity index (χ2v) is 2.54. The van der Waals surface area contributed by atoms with Crippen LogP contribution < -0.4 is 5.11 Å². The first-order valence-electron chi connectivity index (χ1n) is 3.76. The smallest absolute Gasteiger partial charge is 0.135 e. The normalized spacial score (nSPS) is 10.0. The van der Waals surface area contributed by atoms with Crippen LogP contribution in [0, 0.1) is 5.82 Å². The largest absolute Gasteiger partial charge is 0.545 e. The lowest BCUT2D eigenvalue weighted by Gasteiger charge is -2.07. The van der Waals surface area contributed by atoms with E-state index in [0.29, 0.717) is 0 Å². The number of carbonyl (C=O) groups excluding carboxylic acids is 1. The molecule has 1 aromatic rings. The zero-order chi connectivity index (χ0) is 9.84. The molecule has 3 nitrogen and oxygen atoms in total. The van der Waals surface area contributed by atoms with Crippen LogP contribution in [0.1, 0.15) is 15.9 Å². The Bertz CT molecular complexity index is 323. The Hall–Kier alpha value is -1.42. The zero-order valence-corrected chi connectivity index (χ0v) is 6.79. The van der Waals surface area contributed by atoms with Gasteiger partial charge in [-0.3, -0.25) is 0 Å². The number of aliphatic hydroxyl groups excluding tert-OH is 1. The Labute approximate surface area is 74.4 Å². The van der Waals surface area contributed by atoms with E-state index >= 15 is 0 Å². The first-order valence-corrected chi connectivity index (χ1v) is 3.76. The first kappa shape index (κ1) is 9.67. The highest BCUT2D eigenvalue weighted by molar-refractivity contribution is 5.86. The molecule has 0 fully saturated rings. The van der Waals surface area contributed by atoms with Crippen molar-refractivity contribution in [3.63, 3.8) is 0 Å². The van der Waals surface area contributed by atoms with Crippen LogP contribution in [-0.2, 0) is 6.42 Å². The van der Waals surface area contributed by atoms with Gasteiger partial charge in [0.2, 0.25) is 0 Å². The van der Waals surface area contributed by atoms with E-state index in [4.69, 9.17) is 5.11 Å². The Morgan fingerprint density at radius 3 is 2.77 bits per heavy atom. The molecule has 13 heavy (non-hydrogen) atoms. The number of aromatic carboxylic acids is 1. The highest BCUT2D eigenvalue weighted by Gasteiger charge is 2.07. The summed E-state index contributed by atoms with van der Waals surface area (Å²) < 4.78 is 13.2. The third-order valence-corrected chi connectivity index (χ3v) is 1.68. The van der Waals surface area contributed by atoms with Gasteiger partial charge in [0, 0.05) is 12.2 Å². The summed E-state index contributed by atoms with van der Waals surface area (Å²) in [6, 6.07) is 3.97. The highest BCUT2D eigenvalue weighted by Crippen LogP contribution is 2.12. The molecule has 1 N–H and O–H groups in total. The van der Waals surface area contributed by atoms with Gasteiger partial charge in [0.15, 0.2) is 0 Å².